The third-order valence-electron chi connectivity index (χ3n) is 6.12. The lowest BCUT2D eigenvalue weighted by molar-refractivity contribution is -0.113. The number of ether oxygens (including phenoxy) is 4. The quantitative estimate of drug-likeness (QED) is 0.453. The molecule has 9 nitrogen and oxygen atoms in total. The van der Waals surface area contributed by atoms with Crippen LogP contribution in [0.15, 0.2) is 47.6 Å². The van der Waals surface area contributed by atoms with Crippen molar-refractivity contribution in [3.63, 3.8) is 0 Å². The van der Waals surface area contributed by atoms with Crippen LogP contribution in [0.25, 0.3) is 0 Å². The van der Waals surface area contributed by atoms with E-state index in [2.05, 4.69) is 15.5 Å². The van der Waals surface area contributed by atoms with Gasteiger partial charge < -0.3 is 28.8 Å². The topological polar surface area (TPSA) is 96.7 Å². The first-order chi connectivity index (χ1) is 17.0. The fourth-order valence-electron chi connectivity index (χ4n) is 4.21. The second kappa shape index (κ2) is 10.1. The average molecular weight is 497 g/mol. The standard InChI is InChI=1S/C25H28N4O5S/c1-29-22(15-32-19-9-7-18(31-2)8-10-19)27-28-24(29)35-16-23(30)26-17-6-11-20-21(14-17)34-25(33-20)12-4-3-5-13-25/h6-11,14H,3-5,12-13,15-16H2,1-2H3,(H,26,30). The number of carbonyl (C=O) groups is 1. The van der Waals surface area contributed by atoms with E-state index in [1.807, 2.05) is 54.1 Å². The molecule has 10 heteroatoms. The van der Waals surface area contributed by atoms with Crippen molar-refractivity contribution < 1.29 is 23.7 Å². The van der Waals surface area contributed by atoms with Crippen molar-refractivity contribution in [1.29, 1.82) is 0 Å². The van der Waals surface area contributed by atoms with Gasteiger partial charge in [-0.25, -0.2) is 0 Å². The monoisotopic (exact) mass is 496 g/mol. The molecule has 0 unspecified atom stereocenters. The van der Waals surface area contributed by atoms with Gasteiger partial charge in [-0.3, -0.25) is 4.79 Å². The van der Waals surface area contributed by atoms with E-state index in [4.69, 9.17) is 18.9 Å². The lowest BCUT2D eigenvalue weighted by Gasteiger charge is -2.31. The Kier molecular flexibility index (Phi) is 6.72. The van der Waals surface area contributed by atoms with E-state index in [0.717, 1.165) is 37.2 Å². The number of benzene rings is 2. The number of hydrogen-bond donors (Lipinski definition) is 1. The summed E-state index contributed by atoms with van der Waals surface area (Å²) in [5.41, 5.74) is 0.678. The van der Waals surface area contributed by atoms with E-state index in [0.29, 0.717) is 28.2 Å². The summed E-state index contributed by atoms with van der Waals surface area (Å²) >= 11 is 1.31. The molecule has 1 spiro atoms. The van der Waals surface area contributed by atoms with E-state index >= 15 is 0 Å². The number of carbonyl (C=O) groups excluding carboxylic acids is 1. The maximum atomic E-state index is 12.6. The first-order valence-electron chi connectivity index (χ1n) is 11.6. The zero-order valence-corrected chi connectivity index (χ0v) is 20.6. The number of amides is 1. The zero-order chi connectivity index (χ0) is 24.3. The molecule has 0 radical (unpaired) electrons. The van der Waals surface area contributed by atoms with Crippen LogP contribution in [0.2, 0.25) is 0 Å². The van der Waals surface area contributed by atoms with Crippen LogP contribution in [0.3, 0.4) is 0 Å². The van der Waals surface area contributed by atoms with Gasteiger partial charge >= 0.3 is 0 Å². The first-order valence-corrected chi connectivity index (χ1v) is 12.6. The van der Waals surface area contributed by atoms with Gasteiger partial charge in [-0.15, -0.1) is 10.2 Å². The SMILES string of the molecule is COc1ccc(OCc2nnc(SCC(=O)Nc3ccc4c(c3)OC3(CCCCC3)O4)n2C)cc1. The number of rotatable bonds is 8. The molecule has 1 aromatic heterocycles. The molecular formula is C25H28N4O5S. The highest BCUT2D eigenvalue weighted by Crippen LogP contribution is 2.46. The zero-order valence-electron chi connectivity index (χ0n) is 19.8. The van der Waals surface area contributed by atoms with Crippen LogP contribution in [-0.2, 0) is 18.4 Å². The van der Waals surface area contributed by atoms with E-state index in [9.17, 15) is 4.79 Å². The van der Waals surface area contributed by atoms with Gasteiger partial charge in [0.1, 0.15) is 18.1 Å². The molecule has 35 heavy (non-hydrogen) atoms. The number of nitrogens with one attached hydrogen (secondary N) is 1. The Morgan fingerprint density at radius 1 is 1.06 bits per heavy atom. The summed E-state index contributed by atoms with van der Waals surface area (Å²) in [6.45, 7) is 0.265. The molecule has 0 saturated heterocycles. The minimum absolute atomic E-state index is 0.139. The van der Waals surface area contributed by atoms with Gasteiger partial charge in [-0.2, -0.15) is 0 Å². The Hall–Kier alpha value is -3.40. The van der Waals surface area contributed by atoms with Crippen molar-refractivity contribution in [1.82, 2.24) is 14.8 Å². The number of fused-ring (bicyclic) bond motifs is 1. The average Bonchev–Trinajstić information content (AvgIpc) is 3.40. The number of anilines is 1. The predicted octanol–water partition coefficient (Wildman–Crippen LogP) is 4.57. The second-order valence-electron chi connectivity index (χ2n) is 8.60. The highest BCUT2D eigenvalue weighted by Gasteiger charge is 2.42. The number of aromatic nitrogens is 3. The van der Waals surface area contributed by atoms with Crippen LogP contribution >= 0.6 is 11.8 Å². The highest BCUT2D eigenvalue weighted by atomic mass is 32.2. The molecule has 1 amide bonds. The summed E-state index contributed by atoms with van der Waals surface area (Å²) in [5.74, 6) is 3.09. The van der Waals surface area contributed by atoms with Crippen molar-refractivity contribution in [3.8, 4) is 23.0 Å². The summed E-state index contributed by atoms with van der Waals surface area (Å²) in [4.78, 5) is 12.6. The summed E-state index contributed by atoms with van der Waals surface area (Å²) in [6.07, 6.45) is 5.21. The van der Waals surface area contributed by atoms with Gasteiger partial charge in [0.15, 0.2) is 22.5 Å². The van der Waals surface area contributed by atoms with E-state index in [1.165, 1.54) is 18.2 Å². The Labute approximate surface area is 208 Å². The Bertz CT molecular complexity index is 1190. The van der Waals surface area contributed by atoms with Crippen molar-refractivity contribution in [2.24, 2.45) is 7.05 Å². The van der Waals surface area contributed by atoms with Crippen molar-refractivity contribution in [2.75, 3.05) is 18.2 Å². The van der Waals surface area contributed by atoms with Crippen LogP contribution in [0.1, 0.15) is 37.9 Å². The Morgan fingerprint density at radius 2 is 1.80 bits per heavy atom. The predicted molar refractivity (Wildman–Crippen MR) is 131 cm³/mol. The minimum atomic E-state index is -0.529. The normalized spacial score (nSPS) is 15.7. The fraction of sp³-hybridized carbons (Fsp3) is 0.400. The third kappa shape index (κ3) is 5.32. The van der Waals surface area contributed by atoms with Gasteiger partial charge in [0, 0.05) is 31.6 Å². The molecule has 1 aliphatic heterocycles. The summed E-state index contributed by atoms with van der Waals surface area (Å²) in [7, 11) is 3.47. The molecule has 3 aromatic rings. The molecule has 2 aliphatic rings. The van der Waals surface area contributed by atoms with E-state index in [1.54, 1.807) is 7.11 Å². The Balaban J connectivity index is 1.12. The number of nitrogens with zero attached hydrogens (tertiary/aromatic N) is 3. The molecular weight excluding hydrogens is 468 g/mol. The largest absolute Gasteiger partial charge is 0.497 e. The van der Waals surface area contributed by atoms with Crippen LogP contribution in [0.5, 0.6) is 23.0 Å². The maximum Gasteiger partial charge on any atom is 0.251 e. The summed E-state index contributed by atoms with van der Waals surface area (Å²) in [6, 6.07) is 12.9. The van der Waals surface area contributed by atoms with Crippen LogP contribution in [0.4, 0.5) is 5.69 Å². The smallest absolute Gasteiger partial charge is 0.251 e. The van der Waals surface area contributed by atoms with Crippen molar-refractivity contribution >= 4 is 23.4 Å². The second-order valence-corrected chi connectivity index (χ2v) is 9.54. The Morgan fingerprint density at radius 3 is 2.57 bits per heavy atom. The van der Waals surface area contributed by atoms with Crippen molar-refractivity contribution in [2.45, 2.75) is 49.7 Å². The van der Waals surface area contributed by atoms with E-state index < -0.39 is 5.79 Å². The molecule has 0 bridgehead atoms. The molecule has 1 N–H and O–H groups in total. The van der Waals surface area contributed by atoms with E-state index in [-0.39, 0.29) is 18.3 Å². The van der Waals surface area contributed by atoms with Gasteiger partial charge in [-0.1, -0.05) is 18.2 Å². The molecule has 1 aliphatic carbocycles. The number of methoxy groups -OCH3 is 1. The highest BCUT2D eigenvalue weighted by molar-refractivity contribution is 7.99. The molecule has 2 aromatic carbocycles. The van der Waals surface area contributed by atoms with Crippen LogP contribution in [0, 0.1) is 0 Å². The van der Waals surface area contributed by atoms with Gasteiger partial charge in [0.25, 0.3) is 5.79 Å². The molecule has 2 heterocycles. The lowest BCUT2D eigenvalue weighted by atomic mass is 9.94. The van der Waals surface area contributed by atoms with Gasteiger partial charge in [0.2, 0.25) is 5.91 Å². The van der Waals surface area contributed by atoms with Gasteiger partial charge in [-0.05, 0) is 49.2 Å². The summed E-state index contributed by atoms with van der Waals surface area (Å²) < 4.78 is 25.0. The minimum Gasteiger partial charge on any atom is -0.497 e. The molecule has 5 rings (SSSR count). The summed E-state index contributed by atoms with van der Waals surface area (Å²) in [5, 5.41) is 11.9. The van der Waals surface area contributed by atoms with Crippen LogP contribution in [-0.4, -0.2) is 39.3 Å². The van der Waals surface area contributed by atoms with Crippen LogP contribution < -0.4 is 24.3 Å². The number of hydrogen-bond acceptors (Lipinski definition) is 8. The maximum absolute atomic E-state index is 12.6. The lowest BCUT2D eigenvalue weighted by Crippen LogP contribution is -2.40. The number of thioether (sulfide) groups is 1. The first kappa shape index (κ1) is 23.3. The van der Waals surface area contributed by atoms with Gasteiger partial charge in [0.05, 0.1) is 12.9 Å². The molecule has 184 valence electrons. The van der Waals surface area contributed by atoms with Crippen molar-refractivity contribution in [3.05, 3.63) is 48.3 Å². The molecule has 0 atom stereocenters. The fourth-order valence-corrected chi connectivity index (χ4v) is 4.94. The molecule has 1 saturated carbocycles. The third-order valence-corrected chi connectivity index (χ3v) is 7.14. The molecule has 1 fully saturated rings.